The number of anilines is 1. The molecule has 1 amide bonds. The van der Waals surface area contributed by atoms with E-state index in [1.54, 1.807) is 6.07 Å². The second-order valence-electron chi connectivity index (χ2n) is 10.2. The predicted molar refractivity (Wildman–Crippen MR) is 149 cm³/mol. The van der Waals surface area contributed by atoms with E-state index in [1.807, 2.05) is 35.2 Å². The predicted octanol–water partition coefficient (Wildman–Crippen LogP) is 6.33. The summed E-state index contributed by atoms with van der Waals surface area (Å²) in [5.74, 6) is 1.86. The minimum absolute atomic E-state index is 0.0682. The molecule has 0 aliphatic carbocycles. The van der Waals surface area contributed by atoms with Crippen molar-refractivity contribution in [2.45, 2.75) is 37.8 Å². The van der Waals surface area contributed by atoms with Crippen LogP contribution in [0.1, 0.15) is 31.7 Å². The van der Waals surface area contributed by atoms with Gasteiger partial charge >= 0.3 is 6.18 Å². The third-order valence-corrected chi connectivity index (χ3v) is 7.67. The molecule has 210 valence electrons. The van der Waals surface area contributed by atoms with Crippen molar-refractivity contribution in [2.24, 2.45) is 5.92 Å². The summed E-state index contributed by atoms with van der Waals surface area (Å²) in [5, 5.41) is 4.62. The number of thioether (sulfide) groups is 1. The summed E-state index contributed by atoms with van der Waals surface area (Å²) in [4.78, 5) is 27.4. The highest BCUT2D eigenvalue weighted by atomic mass is 32.2. The van der Waals surface area contributed by atoms with Gasteiger partial charge in [0.25, 0.3) is 5.71 Å². The Morgan fingerprint density at radius 3 is 2.58 bits per heavy atom. The average molecular weight is 570 g/mol. The first-order chi connectivity index (χ1) is 19.2. The highest BCUT2D eigenvalue weighted by Gasteiger charge is 2.32. The zero-order chi connectivity index (χ0) is 28.3. The highest BCUT2D eigenvalue weighted by molar-refractivity contribution is 8.00. The molecule has 2 aromatic heterocycles. The number of halogens is 3. The van der Waals surface area contributed by atoms with Gasteiger partial charge in [-0.2, -0.15) is 18.2 Å². The molecule has 11 heteroatoms. The minimum Gasteiger partial charge on any atom is -0.354 e. The number of fused-ring (bicyclic) bond motifs is 1. The first kappa shape index (κ1) is 27.9. The fourth-order valence-electron chi connectivity index (χ4n) is 4.74. The van der Waals surface area contributed by atoms with Crippen molar-refractivity contribution in [3.63, 3.8) is 0 Å². The number of carbonyl (C=O) groups is 1. The lowest BCUT2D eigenvalue weighted by molar-refractivity contribution is -0.137. The van der Waals surface area contributed by atoms with E-state index >= 15 is 0 Å². The van der Waals surface area contributed by atoms with Crippen molar-refractivity contribution >= 4 is 34.6 Å². The van der Waals surface area contributed by atoms with Gasteiger partial charge in [0, 0.05) is 43.1 Å². The summed E-state index contributed by atoms with van der Waals surface area (Å²) in [5.41, 5.74) is 0.0186. The van der Waals surface area contributed by atoms with E-state index in [-0.39, 0.29) is 28.8 Å². The molecule has 1 fully saturated rings. The summed E-state index contributed by atoms with van der Waals surface area (Å²) >= 11 is 1.51. The zero-order valence-corrected chi connectivity index (χ0v) is 23.1. The standard InChI is InChI=1S/C29H30F3N5O2S/c1-19(2)16-23-33-27(25-26(35-39-28(25)34-23)20-8-6-9-21(17-20)29(30,31)32)37-13-7-12-36(14-15-37)24(38)18-40-22-10-4-3-5-11-22/h3-6,8-11,17,19H,7,12-16,18H2,1-2H3. The van der Waals surface area contributed by atoms with E-state index < -0.39 is 11.7 Å². The molecule has 0 unspecified atom stereocenters. The first-order valence-corrected chi connectivity index (χ1v) is 14.2. The van der Waals surface area contributed by atoms with Gasteiger partial charge in [-0.05, 0) is 36.6 Å². The molecular weight excluding hydrogens is 539 g/mol. The van der Waals surface area contributed by atoms with Crippen LogP contribution in [0.5, 0.6) is 0 Å². The number of aromatic nitrogens is 3. The molecule has 0 bridgehead atoms. The van der Waals surface area contributed by atoms with Gasteiger partial charge in [0.05, 0.1) is 11.3 Å². The van der Waals surface area contributed by atoms with Gasteiger partial charge < -0.3 is 14.3 Å². The van der Waals surface area contributed by atoms with E-state index in [4.69, 9.17) is 9.51 Å². The molecular formula is C29H30F3N5O2S. The molecule has 0 N–H and O–H groups in total. The Kier molecular flexibility index (Phi) is 8.30. The van der Waals surface area contributed by atoms with Crippen LogP contribution in [-0.4, -0.2) is 57.9 Å². The Labute approximate surface area is 234 Å². The van der Waals surface area contributed by atoms with Gasteiger partial charge in [-0.3, -0.25) is 4.79 Å². The molecule has 1 aliphatic rings. The maximum atomic E-state index is 13.5. The molecule has 0 radical (unpaired) electrons. The third-order valence-electron chi connectivity index (χ3n) is 6.67. The van der Waals surface area contributed by atoms with Crippen LogP contribution in [0.15, 0.2) is 64.0 Å². The molecule has 5 rings (SSSR count). The molecule has 4 aromatic rings. The maximum absolute atomic E-state index is 13.5. The minimum atomic E-state index is -4.49. The Balaban J connectivity index is 1.44. The summed E-state index contributed by atoms with van der Waals surface area (Å²) in [7, 11) is 0. The number of amides is 1. The fourth-order valence-corrected chi connectivity index (χ4v) is 5.56. The van der Waals surface area contributed by atoms with E-state index in [2.05, 4.69) is 28.9 Å². The molecule has 2 aromatic carbocycles. The van der Waals surface area contributed by atoms with Crippen LogP contribution in [0.25, 0.3) is 22.4 Å². The van der Waals surface area contributed by atoms with Gasteiger partial charge in [0.2, 0.25) is 5.91 Å². The normalized spacial score (nSPS) is 14.7. The zero-order valence-electron chi connectivity index (χ0n) is 22.3. The molecule has 0 spiro atoms. The topological polar surface area (TPSA) is 75.4 Å². The van der Waals surface area contributed by atoms with E-state index in [1.165, 1.54) is 17.8 Å². The number of carbonyl (C=O) groups excluding carboxylic acids is 1. The molecule has 0 saturated carbocycles. The molecule has 0 atom stereocenters. The van der Waals surface area contributed by atoms with Crippen LogP contribution in [0.3, 0.4) is 0 Å². The monoisotopic (exact) mass is 569 g/mol. The van der Waals surface area contributed by atoms with Crippen LogP contribution in [0, 0.1) is 5.92 Å². The van der Waals surface area contributed by atoms with Gasteiger partial charge in [-0.15, -0.1) is 11.8 Å². The second-order valence-corrected chi connectivity index (χ2v) is 11.2. The Bertz CT molecular complexity index is 1480. The van der Waals surface area contributed by atoms with Gasteiger partial charge in [-0.25, -0.2) is 4.98 Å². The van der Waals surface area contributed by atoms with E-state index in [9.17, 15) is 18.0 Å². The Morgan fingerprint density at radius 2 is 1.82 bits per heavy atom. The molecule has 3 heterocycles. The van der Waals surface area contributed by atoms with Gasteiger partial charge in [0.15, 0.2) is 0 Å². The number of alkyl halides is 3. The van der Waals surface area contributed by atoms with E-state index in [0.717, 1.165) is 23.4 Å². The highest BCUT2D eigenvalue weighted by Crippen LogP contribution is 2.37. The van der Waals surface area contributed by atoms with Crippen LogP contribution >= 0.6 is 11.8 Å². The summed E-state index contributed by atoms with van der Waals surface area (Å²) in [6, 6.07) is 14.8. The lowest BCUT2D eigenvalue weighted by Gasteiger charge is -2.24. The summed E-state index contributed by atoms with van der Waals surface area (Å²) in [6.07, 6.45) is -3.16. The number of rotatable bonds is 7. The van der Waals surface area contributed by atoms with Crippen LogP contribution in [-0.2, 0) is 17.4 Å². The number of hydrogen-bond acceptors (Lipinski definition) is 7. The molecule has 40 heavy (non-hydrogen) atoms. The molecule has 1 saturated heterocycles. The van der Waals surface area contributed by atoms with Crippen molar-refractivity contribution in [2.75, 3.05) is 36.8 Å². The smallest absolute Gasteiger partial charge is 0.354 e. The number of hydrogen-bond donors (Lipinski definition) is 0. The van der Waals surface area contributed by atoms with Crippen LogP contribution < -0.4 is 4.90 Å². The molecule has 7 nitrogen and oxygen atoms in total. The lowest BCUT2D eigenvalue weighted by atomic mass is 10.1. The van der Waals surface area contributed by atoms with Crippen LogP contribution in [0.2, 0.25) is 0 Å². The first-order valence-electron chi connectivity index (χ1n) is 13.2. The van der Waals surface area contributed by atoms with Crippen molar-refractivity contribution < 1.29 is 22.5 Å². The van der Waals surface area contributed by atoms with Crippen molar-refractivity contribution in [1.82, 2.24) is 20.0 Å². The SMILES string of the molecule is CC(C)Cc1nc(N2CCCN(C(=O)CSc3ccccc3)CC2)c2c(-c3cccc(C(F)(F)F)c3)noc2n1. The Hall–Kier alpha value is -3.60. The quantitative estimate of drug-likeness (QED) is 0.241. The molecule has 1 aliphatic heterocycles. The average Bonchev–Trinajstić information content (AvgIpc) is 3.20. The largest absolute Gasteiger partial charge is 0.416 e. The number of benzene rings is 2. The van der Waals surface area contributed by atoms with Crippen molar-refractivity contribution in [3.05, 3.63) is 66.0 Å². The Morgan fingerprint density at radius 1 is 1.02 bits per heavy atom. The van der Waals surface area contributed by atoms with Crippen LogP contribution in [0.4, 0.5) is 19.0 Å². The summed E-state index contributed by atoms with van der Waals surface area (Å²) in [6.45, 7) is 6.37. The third kappa shape index (κ3) is 6.41. The number of nitrogens with zero attached hydrogens (tertiary/aromatic N) is 5. The van der Waals surface area contributed by atoms with Crippen molar-refractivity contribution in [3.8, 4) is 11.3 Å². The summed E-state index contributed by atoms with van der Waals surface area (Å²) < 4.78 is 45.9. The maximum Gasteiger partial charge on any atom is 0.416 e. The lowest BCUT2D eigenvalue weighted by Crippen LogP contribution is -2.36. The second kappa shape index (κ2) is 11.9. The van der Waals surface area contributed by atoms with E-state index in [0.29, 0.717) is 55.4 Å². The van der Waals surface area contributed by atoms with Gasteiger partial charge in [-0.1, -0.05) is 49.3 Å². The van der Waals surface area contributed by atoms with Gasteiger partial charge in [0.1, 0.15) is 22.7 Å². The van der Waals surface area contributed by atoms with Crippen molar-refractivity contribution in [1.29, 1.82) is 0 Å². The fraction of sp³-hybridized carbons (Fsp3) is 0.379.